The molecule has 1 atom stereocenters. The van der Waals surface area contributed by atoms with Gasteiger partial charge < -0.3 is 14.2 Å². The molecule has 33 heavy (non-hydrogen) atoms. The lowest BCUT2D eigenvalue weighted by atomic mass is 10.2. The van der Waals surface area contributed by atoms with Crippen molar-refractivity contribution in [1.82, 2.24) is 9.71 Å². The van der Waals surface area contributed by atoms with E-state index in [1.165, 1.54) is 76.2 Å². The van der Waals surface area contributed by atoms with Crippen LogP contribution in [0.4, 0.5) is 0 Å². The summed E-state index contributed by atoms with van der Waals surface area (Å²) in [5.41, 5.74) is 0.345. The summed E-state index contributed by atoms with van der Waals surface area (Å²) < 4.78 is 70.7. The van der Waals surface area contributed by atoms with Gasteiger partial charge in [0.2, 0.25) is 10.0 Å². The molecule has 176 valence electrons. The van der Waals surface area contributed by atoms with Crippen LogP contribution in [-0.2, 0) is 19.9 Å². The number of hydrogen-bond acceptors (Lipinski definition) is 8. The summed E-state index contributed by atoms with van der Waals surface area (Å²) in [5, 5.41) is -1.22. The molecule has 0 spiro atoms. The molecule has 9 nitrogen and oxygen atoms in total. The number of nitrogens with zero attached hydrogens (tertiary/aromatic N) is 1. The fraction of sp³-hybridized carbons (Fsp3) is 0.227. The maximum atomic E-state index is 13.4. The van der Waals surface area contributed by atoms with Crippen molar-refractivity contribution < 1.29 is 31.0 Å². The van der Waals surface area contributed by atoms with Crippen molar-refractivity contribution in [3.63, 3.8) is 0 Å². The van der Waals surface area contributed by atoms with Gasteiger partial charge >= 0.3 is 0 Å². The summed E-state index contributed by atoms with van der Waals surface area (Å²) >= 11 is 0. The van der Waals surface area contributed by atoms with E-state index >= 15 is 0 Å². The number of nitrogens with one attached hydrogen (secondary N) is 1. The summed E-state index contributed by atoms with van der Waals surface area (Å²) in [6.45, 7) is -0.419. The molecule has 0 fully saturated rings. The van der Waals surface area contributed by atoms with Gasteiger partial charge in [-0.05, 0) is 48.0 Å². The van der Waals surface area contributed by atoms with E-state index in [1.807, 2.05) is 0 Å². The third-order valence-electron chi connectivity index (χ3n) is 4.94. The maximum absolute atomic E-state index is 13.4. The third kappa shape index (κ3) is 5.44. The van der Waals surface area contributed by atoms with Crippen molar-refractivity contribution in [2.45, 2.75) is 15.0 Å². The largest absolute Gasteiger partial charge is 0.497 e. The van der Waals surface area contributed by atoms with Crippen molar-refractivity contribution in [3.05, 3.63) is 72.6 Å². The molecular weight excluding hydrogens is 468 g/mol. The molecule has 0 unspecified atom stereocenters. The second-order valence-corrected chi connectivity index (χ2v) is 10.7. The summed E-state index contributed by atoms with van der Waals surface area (Å²) in [6, 6.07) is 13.3. The molecule has 1 aromatic heterocycles. The lowest BCUT2D eigenvalue weighted by molar-refractivity contribution is 0.386. The van der Waals surface area contributed by atoms with Crippen LogP contribution in [0.3, 0.4) is 0 Å². The maximum Gasteiger partial charge on any atom is 0.244 e. The summed E-state index contributed by atoms with van der Waals surface area (Å²) in [5.74, 6) is 0.984. The van der Waals surface area contributed by atoms with Gasteiger partial charge in [0.25, 0.3) is 0 Å². The lowest BCUT2D eigenvalue weighted by Gasteiger charge is -2.19. The Kier molecular flexibility index (Phi) is 7.57. The zero-order chi connectivity index (χ0) is 24.1. The zero-order valence-electron chi connectivity index (χ0n) is 18.3. The van der Waals surface area contributed by atoms with Crippen molar-refractivity contribution in [2.24, 2.45) is 0 Å². The number of aromatic nitrogens is 1. The van der Waals surface area contributed by atoms with Gasteiger partial charge in [-0.1, -0.05) is 6.07 Å². The Morgan fingerprint density at radius 3 is 2.12 bits per heavy atom. The molecule has 1 N–H and O–H groups in total. The first-order valence-electron chi connectivity index (χ1n) is 9.72. The Morgan fingerprint density at radius 1 is 0.879 bits per heavy atom. The van der Waals surface area contributed by atoms with Crippen LogP contribution in [0.1, 0.15) is 10.8 Å². The Balaban J connectivity index is 1.97. The molecule has 0 aliphatic heterocycles. The quantitative estimate of drug-likeness (QED) is 0.458. The third-order valence-corrected chi connectivity index (χ3v) is 8.52. The minimum absolute atomic E-state index is 0.0263. The number of methoxy groups -OCH3 is 3. The molecule has 0 saturated carbocycles. The fourth-order valence-electron chi connectivity index (χ4n) is 3.16. The number of ether oxygens (including phenoxy) is 3. The lowest BCUT2D eigenvalue weighted by Crippen LogP contribution is -2.32. The minimum Gasteiger partial charge on any atom is -0.497 e. The molecule has 0 radical (unpaired) electrons. The van der Waals surface area contributed by atoms with E-state index in [1.54, 1.807) is 12.1 Å². The van der Waals surface area contributed by atoms with Crippen LogP contribution < -0.4 is 18.9 Å². The Labute approximate surface area is 193 Å². The number of pyridine rings is 1. The monoisotopic (exact) mass is 492 g/mol. The highest BCUT2D eigenvalue weighted by Crippen LogP contribution is 2.31. The van der Waals surface area contributed by atoms with Gasteiger partial charge in [0.1, 0.15) is 27.4 Å². The first-order valence-corrected chi connectivity index (χ1v) is 12.8. The molecule has 1 heterocycles. The van der Waals surface area contributed by atoms with Crippen LogP contribution in [0.25, 0.3) is 0 Å². The van der Waals surface area contributed by atoms with Crippen molar-refractivity contribution >= 4 is 19.9 Å². The SMILES string of the molecule is COc1ccc(S(=O)(=O)[C@@H](CNS(=O)(=O)c2ccc(OC)cc2OC)c2cccnc2)cc1. The number of sulfonamides is 1. The topological polar surface area (TPSA) is 121 Å². The number of hydrogen-bond donors (Lipinski definition) is 1. The Morgan fingerprint density at radius 2 is 1.55 bits per heavy atom. The van der Waals surface area contributed by atoms with E-state index in [0.717, 1.165) is 0 Å². The fourth-order valence-corrected chi connectivity index (χ4v) is 6.11. The van der Waals surface area contributed by atoms with Crippen LogP contribution in [0.5, 0.6) is 17.2 Å². The van der Waals surface area contributed by atoms with E-state index in [4.69, 9.17) is 14.2 Å². The minimum atomic E-state index is -4.12. The molecule has 3 rings (SSSR count). The molecule has 0 saturated heterocycles. The number of benzene rings is 2. The van der Waals surface area contributed by atoms with Crippen molar-refractivity contribution in [3.8, 4) is 17.2 Å². The van der Waals surface area contributed by atoms with Crippen LogP contribution in [0.2, 0.25) is 0 Å². The van der Waals surface area contributed by atoms with E-state index in [2.05, 4.69) is 9.71 Å². The van der Waals surface area contributed by atoms with Gasteiger partial charge in [-0.2, -0.15) is 0 Å². The smallest absolute Gasteiger partial charge is 0.244 e. The van der Waals surface area contributed by atoms with E-state index in [-0.39, 0.29) is 15.5 Å². The predicted octanol–water partition coefficient (Wildman–Crippen LogP) is 2.60. The molecule has 11 heteroatoms. The molecular formula is C22H24N2O7S2. The first-order chi connectivity index (χ1) is 15.7. The zero-order valence-corrected chi connectivity index (χ0v) is 19.9. The molecule has 0 amide bonds. The van der Waals surface area contributed by atoms with Crippen molar-refractivity contribution in [2.75, 3.05) is 27.9 Å². The summed E-state index contributed by atoms with van der Waals surface area (Å²) in [7, 11) is -3.85. The second kappa shape index (κ2) is 10.2. The molecule has 0 aliphatic carbocycles. The predicted molar refractivity (Wildman–Crippen MR) is 122 cm³/mol. The summed E-state index contributed by atoms with van der Waals surface area (Å²) in [4.78, 5) is 3.88. The van der Waals surface area contributed by atoms with E-state index in [0.29, 0.717) is 17.1 Å². The van der Waals surface area contributed by atoms with Crippen LogP contribution in [-0.4, -0.2) is 49.7 Å². The highest BCUT2D eigenvalue weighted by atomic mass is 32.2. The summed E-state index contributed by atoms with van der Waals surface area (Å²) in [6.07, 6.45) is 2.90. The van der Waals surface area contributed by atoms with Crippen LogP contribution >= 0.6 is 0 Å². The van der Waals surface area contributed by atoms with Gasteiger partial charge in [-0.15, -0.1) is 0 Å². The van der Waals surface area contributed by atoms with E-state index < -0.39 is 31.7 Å². The van der Waals surface area contributed by atoms with Crippen LogP contribution in [0, 0.1) is 0 Å². The normalized spacial score (nSPS) is 12.7. The Bertz CT molecular complexity index is 1290. The molecule has 3 aromatic rings. The molecule has 0 bridgehead atoms. The average Bonchev–Trinajstić information content (AvgIpc) is 2.84. The highest BCUT2D eigenvalue weighted by molar-refractivity contribution is 7.92. The molecule has 0 aliphatic rings. The second-order valence-electron chi connectivity index (χ2n) is 6.86. The first kappa shape index (κ1) is 24.5. The number of sulfone groups is 1. The average molecular weight is 493 g/mol. The van der Waals surface area contributed by atoms with Gasteiger partial charge in [0, 0.05) is 25.0 Å². The van der Waals surface area contributed by atoms with Gasteiger partial charge in [0.05, 0.1) is 26.2 Å². The molecule has 2 aromatic carbocycles. The standard InChI is InChI=1S/C22H24N2O7S2/c1-29-17-6-9-19(10-7-17)32(25,26)22(16-5-4-12-23-14-16)15-24-33(27,28)21-11-8-18(30-2)13-20(21)31-3/h4-14,22,24H,15H2,1-3H3/t22-/m0/s1. The van der Waals surface area contributed by atoms with Crippen molar-refractivity contribution in [1.29, 1.82) is 0 Å². The van der Waals surface area contributed by atoms with E-state index in [9.17, 15) is 16.8 Å². The highest BCUT2D eigenvalue weighted by Gasteiger charge is 2.32. The Hall–Kier alpha value is -3.15. The number of rotatable bonds is 10. The van der Waals surface area contributed by atoms with Gasteiger partial charge in [0.15, 0.2) is 9.84 Å². The van der Waals surface area contributed by atoms with Gasteiger partial charge in [-0.3, -0.25) is 4.98 Å². The van der Waals surface area contributed by atoms with Crippen LogP contribution in [0.15, 0.2) is 76.8 Å². The van der Waals surface area contributed by atoms with Gasteiger partial charge in [-0.25, -0.2) is 21.6 Å².